The molecule has 0 bridgehead atoms. The molecular formula is C29H40ClN3O2. The molecule has 0 N–H and O–H groups in total. The molecule has 0 saturated heterocycles. The zero-order chi connectivity index (χ0) is 25.0. The maximum absolute atomic E-state index is 13.1. The Morgan fingerprint density at radius 1 is 0.857 bits per heavy atom. The molecule has 35 heavy (non-hydrogen) atoms. The van der Waals surface area contributed by atoms with Crippen molar-refractivity contribution in [1.29, 1.82) is 0 Å². The Labute approximate surface area is 214 Å². The normalized spacial score (nSPS) is 11.4. The number of imidazole rings is 1. The summed E-state index contributed by atoms with van der Waals surface area (Å²) in [6.45, 7) is 4.05. The van der Waals surface area contributed by atoms with Gasteiger partial charge in [0.1, 0.15) is 0 Å². The number of fused-ring (bicyclic) bond motifs is 1. The van der Waals surface area contributed by atoms with Crippen LogP contribution < -0.4 is 5.56 Å². The Hall–Kier alpha value is -2.40. The van der Waals surface area contributed by atoms with Gasteiger partial charge >= 0.3 is 0 Å². The number of unbranched alkanes of at least 4 members (excludes halogenated alkanes) is 12. The fourth-order valence-electron chi connectivity index (χ4n) is 4.63. The van der Waals surface area contributed by atoms with E-state index in [9.17, 15) is 9.59 Å². The summed E-state index contributed by atoms with van der Waals surface area (Å²) < 4.78 is 3.04. The highest BCUT2D eigenvalue weighted by atomic mass is 35.5. The van der Waals surface area contributed by atoms with Gasteiger partial charge in [0.05, 0.1) is 5.69 Å². The molecule has 1 aromatic carbocycles. The lowest BCUT2D eigenvalue weighted by Crippen LogP contribution is -2.23. The lowest BCUT2D eigenvalue weighted by Gasteiger charge is -2.10. The standard InChI is InChI=1S/C29H40ClN3O2/c1-3-4-5-6-7-8-9-10-11-12-13-14-15-16-27(34)33-23(2)21-28(35)32-22-26(31-29(32)33)24-17-19-25(30)20-18-24/h17-22H,3-16H2,1-2H3. The highest BCUT2D eigenvalue weighted by Crippen LogP contribution is 2.21. The van der Waals surface area contributed by atoms with Crippen molar-refractivity contribution < 1.29 is 4.79 Å². The second-order valence-corrected chi connectivity index (χ2v) is 10.1. The predicted molar refractivity (Wildman–Crippen MR) is 146 cm³/mol. The maximum Gasteiger partial charge on any atom is 0.259 e. The number of hydrogen-bond donors (Lipinski definition) is 0. The lowest BCUT2D eigenvalue weighted by molar-refractivity contribution is 0.0899. The monoisotopic (exact) mass is 497 g/mol. The molecule has 5 nitrogen and oxygen atoms in total. The van der Waals surface area contributed by atoms with Gasteiger partial charge < -0.3 is 0 Å². The maximum atomic E-state index is 13.1. The minimum Gasteiger partial charge on any atom is -0.274 e. The molecule has 0 aliphatic heterocycles. The van der Waals surface area contributed by atoms with E-state index in [0.717, 1.165) is 18.4 Å². The predicted octanol–water partition coefficient (Wildman–Crippen LogP) is 8.25. The largest absolute Gasteiger partial charge is 0.274 e. The number of carbonyl (C=O) groups excluding carboxylic acids is 1. The minimum absolute atomic E-state index is 0.0103. The van der Waals surface area contributed by atoms with Crippen molar-refractivity contribution in [3.8, 4) is 11.3 Å². The van der Waals surface area contributed by atoms with Gasteiger partial charge in [0.15, 0.2) is 0 Å². The number of carbonyl (C=O) groups is 1. The average molecular weight is 498 g/mol. The molecule has 2 aromatic heterocycles. The third kappa shape index (κ3) is 8.06. The molecule has 0 spiro atoms. The van der Waals surface area contributed by atoms with Crippen LogP contribution >= 0.6 is 11.6 Å². The van der Waals surface area contributed by atoms with E-state index in [2.05, 4.69) is 11.9 Å². The molecule has 3 rings (SSSR count). The average Bonchev–Trinajstić information content (AvgIpc) is 3.28. The number of halogens is 1. The van der Waals surface area contributed by atoms with E-state index in [1.165, 1.54) is 81.1 Å². The molecule has 3 aromatic rings. The van der Waals surface area contributed by atoms with Crippen molar-refractivity contribution in [2.24, 2.45) is 0 Å². The van der Waals surface area contributed by atoms with Gasteiger partial charge in [-0.2, -0.15) is 0 Å². The molecule has 0 aliphatic rings. The van der Waals surface area contributed by atoms with Crippen LogP contribution in [0.25, 0.3) is 17.0 Å². The van der Waals surface area contributed by atoms with Crippen LogP contribution in [0.3, 0.4) is 0 Å². The summed E-state index contributed by atoms with van der Waals surface area (Å²) in [5, 5.41) is 0.640. The summed E-state index contributed by atoms with van der Waals surface area (Å²) in [5.74, 6) is 0.364. The van der Waals surface area contributed by atoms with Crippen LogP contribution in [0.5, 0.6) is 0 Å². The zero-order valence-corrected chi connectivity index (χ0v) is 22.2. The van der Waals surface area contributed by atoms with Crippen molar-refractivity contribution in [2.75, 3.05) is 0 Å². The van der Waals surface area contributed by atoms with E-state index >= 15 is 0 Å². The van der Waals surface area contributed by atoms with Crippen LogP contribution in [-0.2, 0) is 0 Å². The van der Waals surface area contributed by atoms with E-state index in [4.69, 9.17) is 11.6 Å². The van der Waals surface area contributed by atoms with Crippen molar-refractivity contribution in [3.63, 3.8) is 0 Å². The first-order chi connectivity index (χ1) is 17.0. The first kappa shape index (κ1) is 27.2. The number of nitrogens with zero attached hydrogens (tertiary/aromatic N) is 3. The molecule has 0 aliphatic carbocycles. The number of hydrogen-bond acceptors (Lipinski definition) is 3. The molecule has 2 heterocycles. The molecule has 0 amide bonds. The van der Waals surface area contributed by atoms with E-state index in [0.29, 0.717) is 28.6 Å². The van der Waals surface area contributed by atoms with Gasteiger partial charge in [-0.15, -0.1) is 0 Å². The van der Waals surface area contributed by atoms with Gasteiger partial charge in [0.2, 0.25) is 11.7 Å². The first-order valence-electron chi connectivity index (χ1n) is 13.4. The quantitative estimate of drug-likeness (QED) is 0.198. The van der Waals surface area contributed by atoms with Crippen molar-refractivity contribution in [2.45, 2.75) is 104 Å². The van der Waals surface area contributed by atoms with Gasteiger partial charge in [0, 0.05) is 35.0 Å². The third-order valence-electron chi connectivity index (χ3n) is 6.69. The van der Waals surface area contributed by atoms with Crippen molar-refractivity contribution >= 4 is 23.3 Å². The third-order valence-corrected chi connectivity index (χ3v) is 6.95. The Kier molecular flexibility index (Phi) is 11.1. The molecule has 190 valence electrons. The topological polar surface area (TPSA) is 56.4 Å². The van der Waals surface area contributed by atoms with Crippen LogP contribution in [0.2, 0.25) is 5.02 Å². The van der Waals surface area contributed by atoms with Gasteiger partial charge in [-0.25, -0.2) is 4.98 Å². The highest BCUT2D eigenvalue weighted by molar-refractivity contribution is 6.30. The first-order valence-corrected chi connectivity index (χ1v) is 13.8. The van der Waals surface area contributed by atoms with E-state index in [1.54, 1.807) is 29.8 Å². The van der Waals surface area contributed by atoms with Gasteiger partial charge in [0.25, 0.3) is 5.56 Å². The summed E-state index contributed by atoms with van der Waals surface area (Å²) in [5.41, 5.74) is 1.93. The molecule has 0 saturated carbocycles. The summed E-state index contributed by atoms with van der Waals surface area (Å²) >= 11 is 5.99. The van der Waals surface area contributed by atoms with Crippen LogP contribution in [0.15, 0.2) is 41.3 Å². The van der Waals surface area contributed by atoms with Crippen molar-refractivity contribution in [3.05, 3.63) is 57.6 Å². The fraction of sp³-hybridized carbons (Fsp3) is 0.552. The molecule has 0 radical (unpaired) electrons. The minimum atomic E-state index is -0.185. The van der Waals surface area contributed by atoms with Crippen LogP contribution in [0, 0.1) is 6.92 Å². The second kappa shape index (κ2) is 14.2. The van der Waals surface area contributed by atoms with E-state index < -0.39 is 0 Å². The Morgan fingerprint density at radius 2 is 1.40 bits per heavy atom. The summed E-state index contributed by atoms with van der Waals surface area (Å²) in [7, 11) is 0. The molecule has 0 atom stereocenters. The lowest BCUT2D eigenvalue weighted by atomic mass is 10.0. The Morgan fingerprint density at radius 3 is 1.97 bits per heavy atom. The SMILES string of the molecule is CCCCCCCCCCCCCCCC(=O)n1c(C)cc(=O)n2cc(-c3ccc(Cl)cc3)nc12. The zero-order valence-electron chi connectivity index (χ0n) is 21.4. The Bertz CT molecular complexity index is 1130. The number of aryl methyl sites for hydroxylation is 1. The number of benzene rings is 1. The van der Waals surface area contributed by atoms with E-state index in [-0.39, 0.29) is 11.5 Å². The summed E-state index contributed by atoms with van der Waals surface area (Å²) in [6, 6.07) is 8.81. The van der Waals surface area contributed by atoms with Crippen molar-refractivity contribution in [1.82, 2.24) is 14.0 Å². The summed E-state index contributed by atoms with van der Waals surface area (Å²) in [6.07, 6.45) is 18.7. The van der Waals surface area contributed by atoms with E-state index in [1.807, 2.05) is 12.1 Å². The van der Waals surface area contributed by atoms with Crippen LogP contribution in [-0.4, -0.2) is 19.9 Å². The molecule has 0 unspecified atom stereocenters. The fourth-order valence-corrected chi connectivity index (χ4v) is 4.76. The van der Waals surface area contributed by atoms with Crippen LogP contribution in [0.1, 0.15) is 107 Å². The van der Waals surface area contributed by atoms with Crippen LogP contribution in [0.4, 0.5) is 0 Å². The summed E-state index contributed by atoms with van der Waals surface area (Å²) in [4.78, 5) is 30.2. The van der Waals surface area contributed by atoms with Gasteiger partial charge in [-0.05, 0) is 25.5 Å². The Balaban J connectivity index is 1.46. The molecule has 6 heteroatoms. The second-order valence-electron chi connectivity index (χ2n) is 9.65. The number of aromatic nitrogens is 3. The van der Waals surface area contributed by atoms with Gasteiger partial charge in [-0.3, -0.25) is 18.6 Å². The van der Waals surface area contributed by atoms with Gasteiger partial charge in [-0.1, -0.05) is 108 Å². The molecule has 0 fully saturated rings. The number of rotatable bonds is 15. The smallest absolute Gasteiger partial charge is 0.259 e. The highest BCUT2D eigenvalue weighted by Gasteiger charge is 2.16. The molecular weight excluding hydrogens is 458 g/mol.